The Labute approximate surface area is 233 Å². The lowest BCUT2D eigenvalue weighted by atomic mass is 9.89. The molecule has 0 bridgehead atoms. The van der Waals surface area contributed by atoms with E-state index >= 15 is 0 Å². The molecule has 4 N–H and O–H groups in total. The number of likely N-dealkylation sites (tertiary alicyclic amines) is 1. The van der Waals surface area contributed by atoms with Gasteiger partial charge in [0.25, 0.3) is 5.91 Å². The summed E-state index contributed by atoms with van der Waals surface area (Å²) in [6.45, 7) is 3.46. The van der Waals surface area contributed by atoms with Crippen LogP contribution in [0.2, 0.25) is 0 Å². The molecule has 1 fully saturated rings. The number of H-pyrrole nitrogens is 1. The van der Waals surface area contributed by atoms with Gasteiger partial charge in [-0.2, -0.15) is 0 Å². The van der Waals surface area contributed by atoms with Gasteiger partial charge in [-0.05, 0) is 62.1 Å². The maximum atomic E-state index is 13.2. The van der Waals surface area contributed by atoms with E-state index in [0.717, 1.165) is 23.3 Å². The molecule has 206 valence electrons. The first kappa shape index (κ1) is 26.9. The van der Waals surface area contributed by atoms with E-state index in [4.69, 9.17) is 4.98 Å². The van der Waals surface area contributed by atoms with E-state index in [-0.39, 0.29) is 24.3 Å². The highest BCUT2D eigenvalue weighted by Crippen LogP contribution is 2.29. The molecule has 9 heteroatoms. The van der Waals surface area contributed by atoms with E-state index in [9.17, 15) is 14.4 Å². The van der Waals surface area contributed by atoms with Crippen LogP contribution in [0, 0.1) is 6.92 Å². The number of hydrogen-bond acceptors (Lipinski definition) is 4. The molecular formula is C31H34N6O3. The molecule has 2 aromatic carbocycles. The van der Waals surface area contributed by atoms with Gasteiger partial charge in [-0.25, -0.2) is 4.79 Å². The summed E-state index contributed by atoms with van der Waals surface area (Å²) in [5.74, 6) is -0.184. The van der Waals surface area contributed by atoms with Gasteiger partial charge < -0.3 is 25.8 Å². The molecule has 0 saturated carbocycles. The Morgan fingerprint density at radius 3 is 2.50 bits per heavy atom. The number of nitrogens with zero attached hydrogens (tertiary/aromatic N) is 2. The number of aryl methyl sites for hydroxylation is 1. The molecule has 9 nitrogen and oxygen atoms in total. The highest BCUT2D eigenvalue weighted by molar-refractivity contribution is 5.95. The largest absolute Gasteiger partial charge is 0.361 e. The van der Waals surface area contributed by atoms with Gasteiger partial charge >= 0.3 is 6.03 Å². The summed E-state index contributed by atoms with van der Waals surface area (Å²) >= 11 is 0. The van der Waals surface area contributed by atoms with E-state index in [1.54, 1.807) is 17.0 Å². The van der Waals surface area contributed by atoms with Crippen LogP contribution < -0.4 is 16.0 Å². The van der Waals surface area contributed by atoms with Gasteiger partial charge in [0.15, 0.2) is 0 Å². The fourth-order valence-corrected chi connectivity index (χ4v) is 5.19. The summed E-state index contributed by atoms with van der Waals surface area (Å²) in [5.41, 5.74) is 5.16. The number of hydrogen-bond donors (Lipinski definition) is 4. The van der Waals surface area contributed by atoms with Crippen LogP contribution in [0.4, 0.5) is 10.5 Å². The van der Waals surface area contributed by atoms with Crippen molar-refractivity contribution in [3.8, 4) is 0 Å². The number of carbonyl (C=O) groups excluding carboxylic acids is 3. The molecule has 1 saturated heterocycles. The molecule has 2 aromatic heterocycles. The zero-order chi connectivity index (χ0) is 27.9. The minimum atomic E-state index is -0.418. The third kappa shape index (κ3) is 6.48. The van der Waals surface area contributed by atoms with Gasteiger partial charge in [-0.15, -0.1) is 0 Å². The Balaban J connectivity index is 1.13. The summed E-state index contributed by atoms with van der Waals surface area (Å²) in [6.07, 6.45) is 4.13. The Morgan fingerprint density at radius 2 is 1.70 bits per heavy atom. The van der Waals surface area contributed by atoms with E-state index in [2.05, 4.69) is 27.0 Å². The van der Waals surface area contributed by atoms with E-state index in [1.807, 2.05) is 61.7 Å². The van der Waals surface area contributed by atoms with Crippen molar-refractivity contribution in [1.29, 1.82) is 0 Å². The Morgan fingerprint density at radius 1 is 0.950 bits per heavy atom. The number of anilines is 1. The summed E-state index contributed by atoms with van der Waals surface area (Å²) in [4.78, 5) is 47.8. The quantitative estimate of drug-likeness (QED) is 0.266. The van der Waals surface area contributed by atoms with Crippen LogP contribution in [0.5, 0.6) is 0 Å². The predicted octanol–water partition coefficient (Wildman–Crippen LogP) is 4.37. The molecule has 0 spiro atoms. The number of rotatable bonds is 8. The van der Waals surface area contributed by atoms with Crippen LogP contribution in [0.3, 0.4) is 0 Å². The monoisotopic (exact) mass is 538 g/mol. The fourth-order valence-electron chi connectivity index (χ4n) is 5.19. The Bertz CT molecular complexity index is 1490. The summed E-state index contributed by atoms with van der Waals surface area (Å²) in [6, 6.07) is 20.5. The van der Waals surface area contributed by atoms with Crippen LogP contribution in [-0.4, -0.2) is 58.9 Å². The van der Waals surface area contributed by atoms with Gasteiger partial charge in [-0.1, -0.05) is 36.4 Å². The first-order chi connectivity index (χ1) is 19.5. The third-order valence-electron chi connectivity index (χ3n) is 7.33. The number of aromatic amines is 1. The van der Waals surface area contributed by atoms with E-state index in [1.165, 1.54) is 10.9 Å². The molecule has 1 aliphatic rings. The van der Waals surface area contributed by atoms with Crippen molar-refractivity contribution >= 4 is 34.4 Å². The minimum absolute atomic E-state index is 0.0733. The number of nitrogens with one attached hydrogen (secondary N) is 4. The Hall–Kier alpha value is -4.66. The molecule has 1 aliphatic heterocycles. The molecule has 5 rings (SSSR count). The van der Waals surface area contributed by atoms with Crippen LogP contribution in [0.15, 0.2) is 72.9 Å². The molecule has 4 aromatic rings. The van der Waals surface area contributed by atoms with Crippen molar-refractivity contribution in [2.45, 2.75) is 32.1 Å². The molecule has 0 radical (unpaired) electrons. The summed E-state index contributed by atoms with van der Waals surface area (Å²) in [7, 11) is 0. The lowest BCUT2D eigenvalue weighted by Crippen LogP contribution is -2.44. The van der Waals surface area contributed by atoms with E-state index in [0.29, 0.717) is 43.7 Å². The molecule has 0 aliphatic carbocycles. The second-order valence-electron chi connectivity index (χ2n) is 10.1. The number of fused-ring (bicyclic) bond motifs is 1. The van der Waals surface area contributed by atoms with Crippen molar-refractivity contribution in [1.82, 2.24) is 25.5 Å². The molecule has 4 amide bonds. The zero-order valence-electron chi connectivity index (χ0n) is 22.6. The maximum Gasteiger partial charge on any atom is 0.319 e. The normalized spacial score (nSPS) is 13.7. The molecule has 0 unspecified atom stereocenters. The zero-order valence-corrected chi connectivity index (χ0v) is 22.6. The number of para-hydroxylation sites is 2. The lowest BCUT2D eigenvalue weighted by molar-refractivity contribution is -0.131. The summed E-state index contributed by atoms with van der Waals surface area (Å²) < 4.78 is 0. The molecule has 0 atom stereocenters. The van der Waals surface area contributed by atoms with Gasteiger partial charge in [0.05, 0.1) is 17.8 Å². The van der Waals surface area contributed by atoms with Crippen molar-refractivity contribution in [2.24, 2.45) is 0 Å². The van der Waals surface area contributed by atoms with Gasteiger partial charge in [0.2, 0.25) is 5.91 Å². The smallest absolute Gasteiger partial charge is 0.319 e. The minimum Gasteiger partial charge on any atom is -0.361 e. The topological polar surface area (TPSA) is 119 Å². The fraction of sp³-hybridized carbons (Fsp3) is 0.290. The number of piperidine rings is 1. The second-order valence-corrected chi connectivity index (χ2v) is 10.1. The van der Waals surface area contributed by atoms with Crippen LogP contribution in [0.25, 0.3) is 10.9 Å². The van der Waals surface area contributed by atoms with Gasteiger partial charge in [0.1, 0.15) is 0 Å². The highest BCUT2D eigenvalue weighted by Gasteiger charge is 2.28. The van der Waals surface area contributed by atoms with Crippen molar-refractivity contribution in [3.63, 3.8) is 0 Å². The molecular weight excluding hydrogens is 504 g/mol. The number of amides is 4. The van der Waals surface area contributed by atoms with Crippen molar-refractivity contribution < 1.29 is 14.4 Å². The van der Waals surface area contributed by atoms with E-state index < -0.39 is 6.03 Å². The number of pyridine rings is 1. The highest BCUT2D eigenvalue weighted by atomic mass is 16.2. The first-order valence-corrected chi connectivity index (χ1v) is 13.7. The predicted molar refractivity (Wildman–Crippen MR) is 155 cm³/mol. The van der Waals surface area contributed by atoms with Crippen molar-refractivity contribution in [3.05, 3.63) is 95.4 Å². The standard InChI is InChI=1S/C31H34N6O3/c1-21-11-12-26(30(39)32-16-13-23-19-33-27-10-6-5-9-25(23)27)29(35-21)22-14-17-37(18-15-22)28(38)20-34-31(40)36-24-7-3-2-4-8-24/h2-12,19,22,33H,13-18,20H2,1H3,(H,32,39)(H2,34,36,40). The number of benzene rings is 2. The molecule has 40 heavy (non-hydrogen) atoms. The second kappa shape index (κ2) is 12.5. The average Bonchev–Trinajstić information content (AvgIpc) is 3.39. The third-order valence-corrected chi connectivity index (χ3v) is 7.33. The number of urea groups is 1. The number of carbonyl (C=O) groups is 3. The van der Waals surface area contributed by atoms with Gasteiger partial charge in [-0.3, -0.25) is 14.6 Å². The van der Waals surface area contributed by atoms with Crippen LogP contribution >= 0.6 is 0 Å². The summed E-state index contributed by atoms with van der Waals surface area (Å²) in [5, 5.41) is 9.58. The van der Waals surface area contributed by atoms with Crippen LogP contribution in [0.1, 0.15) is 46.1 Å². The lowest BCUT2D eigenvalue weighted by Gasteiger charge is -2.32. The van der Waals surface area contributed by atoms with Gasteiger partial charge in [0, 0.05) is 54.0 Å². The number of aromatic nitrogens is 2. The Kier molecular flexibility index (Phi) is 8.39. The average molecular weight is 539 g/mol. The van der Waals surface area contributed by atoms with Crippen molar-refractivity contribution in [2.75, 3.05) is 31.5 Å². The SMILES string of the molecule is Cc1ccc(C(=O)NCCc2c[nH]c3ccccc23)c(C2CCN(C(=O)CNC(=O)Nc3ccccc3)CC2)n1. The first-order valence-electron chi connectivity index (χ1n) is 13.7. The van der Waals surface area contributed by atoms with Crippen LogP contribution in [-0.2, 0) is 11.2 Å². The maximum absolute atomic E-state index is 13.2. The molecule has 3 heterocycles.